The van der Waals surface area contributed by atoms with Crippen LogP contribution in [0.15, 0.2) is 28.7 Å². The number of hydrogen-bond acceptors (Lipinski definition) is 6. The van der Waals surface area contributed by atoms with Crippen molar-refractivity contribution >= 4 is 17.7 Å². The van der Waals surface area contributed by atoms with E-state index in [1.54, 1.807) is 31.3 Å². The third-order valence-corrected chi connectivity index (χ3v) is 3.92. The van der Waals surface area contributed by atoms with E-state index in [-0.39, 0.29) is 23.9 Å². The van der Waals surface area contributed by atoms with Crippen LogP contribution in [0.1, 0.15) is 22.5 Å². The predicted molar refractivity (Wildman–Crippen MR) is 89.0 cm³/mol. The maximum absolute atomic E-state index is 11.9. The summed E-state index contributed by atoms with van der Waals surface area (Å²) in [5.41, 5.74) is 10.0. The summed E-state index contributed by atoms with van der Waals surface area (Å²) < 4.78 is 5.25. The summed E-state index contributed by atoms with van der Waals surface area (Å²) in [5.74, 6) is 4.20. The number of nitrogens with two attached hydrogens (primary N) is 2. The minimum absolute atomic E-state index is 0.130. The Bertz CT molecular complexity index is 924. The molecule has 25 heavy (non-hydrogen) atoms. The van der Waals surface area contributed by atoms with Gasteiger partial charge in [0.05, 0.1) is 0 Å². The van der Waals surface area contributed by atoms with E-state index in [0.29, 0.717) is 17.7 Å². The van der Waals surface area contributed by atoms with Gasteiger partial charge in [0.25, 0.3) is 11.8 Å². The molecule has 5 N–H and O–H groups in total. The molecular formula is C17H16N4O4. The second kappa shape index (κ2) is 5.96. The largest absolute Gasteiger partial charge is 0.420 e. The van der Waals surface area contributed by atoms with Crippen molar-refractivity contribution in [2.24, 2.45) is 5.73 Å². The lowest BCUT2D eigenvalue weighted by Gasteiger charge is -2.13. The van der Waals surface area contributed by atoms with E-state index in [4.69, 9.17) is 15.9 Å². The Morgan fingerprint density at radius 3 is 2.84 bits per heavy atom. The number of carbonyl (C=O) groups excluding carboxylic acids is 2. The quantitative estimate of drug-likeness (QED) is 0.657. The van der Waals surface area contributed by atoms with Gasteiger partial charge in [0, 0.05) is 31.1 Å². The number of anilines is 1. The zero-order valence-electron chi connectivity index (χ0n) is 13.4. The molecule has 0 radical (unpaired) electrons. The predicted octanol–water partition coefficient (Wildman–Crippen LogP) is -0.0326. The van der Waals surface area contributed by atoms with Crippen LogP contribution < -0.4 is 11.5 Å². The van der Waals surface area contributed by atoms with E-state index in [1.807, 2.05) is 0 Å². The fourth-order valence-corrected chi connectivity index (χ4v) is 2.51. The van der Waals surface area contributed by atoms with Gasteiger partial charge in [-0.15, -0.1) is 0 Å². The Kier molecular flexibility index (Phi) is 3.94. The van der Waals surface area contributed by atoms with Crippen molar-refractivity contribution in [3.63, 3.8) is 0 Å². The Morgan fingerprint density at radius 1 is 1.48 bits per heavy atom. The highest BCUT2D eigenvalue weighted by molar-refractivity contribution is 5.95. The first-order valence-electron chi connectivity index (χ1n) is 7.48. The van der Waals surface area contributed by atoms with E-state index in [9.17, 15) is 14.7 Å². The minimum atomic E-state index is -1.67. The van der Waals surface area contributed by atoms with E-state index >= 15 is 0 Å². The van der Waals surface area contributed by atoms with Gasteiger partial charge in [-0.1, -0.05) is 17.9 Å². The smallest absolute Gasteiger partial charge is 0.273 e. The number of hydrogen-bond donors (Lipinski definition) is 3. The number of nitrogen functional groups attached to an aromatic ring is 1. The number of amides is 2. The monoisotopic (exact) mass is 340 g/mol. The molecule has 3 rings (SSSR count). The summed E-state index contributed by atoms with van der Waals surface area (Å²) in [4.78, 5) is 28.5. The molecule has 8 heteroatoms. The first-order chi connectivity index (χ1) is 11.8. The topological polar surface area (TPSA) is 136 Å². The van der Waals surface area contributed by atoms with Gasteiger partial charge >= 0.3 is 0 Å². The standard InChI is InChI=1S/C17H16N4O4/c1-21-8-7-17(24,16(21)23)6-5-10-3-2-4-11(9-10)15-20-12(13(18)22)14(19)25-15/h2-4,9,24H,7-8,19H2,1H3,(H2,18,22)/t17-/m0/s1. The molecule has 1 atom stereocenters. The minimum Gasteiger partial charge on any atom is -0.420 e. The van der Waals surface area contributed by atoms with Crippen LogP contribution in [0.5, 0.6) is 0 Å². The molecule has 0 unspecified atom stereocenters. The summed E-state index contributed by atoms with van der Waals surface area (Å²) in [6, 6.07) is 6.76. The molecule has 128 valence electrons. The average molecular weight is 340 g/mol. The molecule has 1 aliphatic heterocycles. The summed E-state index contributed by atoms with van der Waals surface area (Å²) in [7, 11) is 1.62. The average Bonchev–Trinajstić information content (AvgIpc) is 3.10. The van der Waals surface area contributed by atoms with E-state index < -0.39 is 17.4 Å². The molecular weight excluding hydrogens is 324 g/mol. The first-order valence-corrected chi connectivity index (χ1v) is 7.48. The molecule has 0 saturated carbocycles. The van der Waals surface area contributed by atoms with Gasteiger partial charge in [-0.05, 0) is 18.2 Å². The van der Waals surface area contributed by atoms with Crippen molar-refractivity contribution in [3.05, 3.63) is 35.5 Å². The number of likely N-dealkylation sites (tertiary alicyclic amines) is 1. The molecule has 0 aliphatic carbocycles. The number of rotatable bonds is 2. The highest BCUT2D eigenvalue weighted by Crippen LogP contribution is 2.25. The second-order valence-electron chi connectivity index (χ2n) is 5.76. The molecule has 1 fully saturated rings. The van der Waals surface area contributed by atoms with Crippen LogP contribution in [0.3, 0.4) is 0 Å². The summed E-state index contributed by atoms with van der Waals surface area (Å²) in [6.45, 7) is 0.454. The number of carbonyl (C=O) groups is 2. The summed E-state index contributed by atoms with van der Waals surface area (Å²) in [5, 5.41) is 10.3. The Labute approximate surface area is 143 Å². The molecule has 1 aromatic heterocycles. The van der Waals surface area contributed by atoms with Gasteiger partial charge in [0.15, 0.2) is 5.69 Å². The van der Waals surface area contributed by atoms with Crippen LogP contribution in [0, 0.1) is 11.8 Å². The Balaban J connectivity index is 1.91. The third-order valence-electron chi connectivity index (χ3n) is 3.92. The molecule has 2 amide bonds. The maximum Gasteiger partial charge on any atom is 0.273 e. The fourth-order valence-electron chi connectivity index (χ4n) is 2.51. The van der Waals surface area contributed by atoms with Crippen molar-refractivity contribution in [1.29, 1.82) is 0 Å². The lowest BCUT2D eigenvalue weighted by Crippen LogP contribution is -2.37. The Morgan fingerprint density at radius 2 is 2.24 bits per heavy atom. The van der Waals surface area contributed by atoms with Gasteiger partial charge < -0.3 is 25.9 Å². The fraction of sp³-hybridized carbons (Fsp3) is 0.235. The molecule has 0 spiro atoms. The van der Waals surface area contributed by atoms with Crippen LogP contribution in [0.4, 0.5) is 5.88 Å². The second-order valence-corrected chi connectivity index (χ2v) is 5.76. The zero-order valence-corrected chi connectivity index (χ0v) is 13.4. The van der Waals surface area contributed by atoms with Gasteiger partial charge in [0.2, 0.25) is 17.4 Å². The van der Waals surface area contributed by atoms with Crippen molar-refractivity contribution in [2.75, 3.05) is 19.3 Å². The summed E-state index contributed by atoms with van der Waals surface area (Å²) in [6.07, 6.45) is 0.257. The molecule has 2 aromatic rings. The first kappa shape index (κ1) is 16.5. The SMILES string of the molecule is CN1CC[C@@](O)(C#Cc2cccc(-c3nc(C(N)=O)c(N)o3)c2)C1=O. The van der Waals surface area contributed by atoms with Gasteiger partial charge in [-0.25, -0.2) is 4.98 Å². The van der Waals surface area contributed by atoms with Crippen LogP contribution >= 0.6 is 0 Å². The normalized spacial score (nSPS) is 19.6. The number of aromatic nitrogens is 1. The van der Waals surface area contributed by atoms with Gasteiger partial charge in [-0.3, -0.25) is 9.59 Å². The molecule has 1 aromatic carbocycles. The number of benzene rings is 1. The van der Waals surface area contributed by atoms with E-state index in [2.05, 4.69) is 16.8 Å². The molecule has 1 saturated heterocycles. The number of oxazole rings is 1. The van der Waals surface area contributed by atoms with Crippen LogP contribution in [0.2, 0.25) is 0 Å². The number of aliphatic hydroxyl groups is 1. The number of likely N-dealkylation sites (N-methyl/N-ethyl adjacent to an activating group) is 1. The maximum atomic E-state index is 11.9. The van der Waals surface area contributed by atoms with Crippen molar-refractivity contribution in [1.82, 2.24) is 9.88 Å². The molecule has 1 aliphatic rings. The zero-order chi connectivity index (χ0) is 18.2. The highest BCUT2D eigenvalue weighted by atomic mass is 16.4. The molecule has 8 nitrogen and oxygen atoms in total. The number of nitrogens with zero attached hydrogens (tertiary/aromatic N) is 2. The van der Waals surface area contributed by atoms with Crippen LogP contribution in [-0.4, -0.2) is 46.0 Å². The molecule has 0 bridgehead atoms. The number of primary amides is 1. The van der Waals surface area contributed by atoms with Crippen LogP contribution in [0.25, 0.3) is 11.5 Å². The van der Waals surface area contributed by atoms with Gasteiger partial charge in [-0.2, -0.15) is 0 Å². The van der Waals surface area contributed by atoms with Crippen molar-refractivity contribution in [3.8, 4) is 23.3 Å². The lowest BCUT2D eigenvalue weighted by molar-refractivity contribution is -0.137. The molecule has 2 heterocycles. The van der Waals surface area contributed by atoms with Gasteiger partial charge in [0.1, 0.15) is 0 Å². The highest BCUT2D eigenvalue weighted by Gasteiger charge is 2.42. The van der Waals surface area contributed by atoms with Crippen molar-refractivity contribution in [2.45, 2.75) is 12.0 Å². The van der Waals surface area contributed by atoms with Crippen LogP contribution in [-0.2, 0) is 4.79 Å². The van der Waals surface area contributed by atoms with Crippen molar-refractivity contribution < 1.29 is 19.1 Å². The van der Waals surface area contributed by atoms with E-state index in [0.717, 1.165) is 0 Å². The Hall–Kier alpha value is -3.31. The van der Waals surface area contributed by atoms with E-state index in [1.165, 1.54) is 4.90 Å². The third kappa shape index (κ3) is 3.05. The lowest BCUT2D eigenvalue weighted by atomic mass is 10.0. The summed E-state index contributed by atoms with van der Waals surface area (Å²) >= 11 is 0.